The van der Waals surface area contributed by atoms with Gasteiger partial charge in [0.25, 0.3) is 11.8 Å². The number of rotatable bonds is 14. The lowest BCUT2D eigenvalue weighted by atomic mass is 9.79. The summed E-state index contributed by atoms with van der Waals surface area (Å²) in [7, 11) is 2.23. The molecule has 0 aliphatic carbocycles. The molecule has 30 heteroatoms. The Bertz CT molecular complexity index is 2990. The molecule has 0 radical (unpaired) electrons. The van der Waals surface area contributed by atoms with E-state index in [2.05, 4.69) is 30.6 Å². The molecule has 0 spiro atoms. The Labute approximate surface area is 467 Å². The fourth-order valence-electron chi connectivity index (χ4n) is 10.8. The molecular formula is C50H46Cl2F8N8O10S2. The summed E-state index contributed by atoms with van der Waals surface area (Å²) in [5.74, 6) is -18.8. The van der Waals surface area contributed by atoms with Gasteiger partial charge in [0, 0.05) is 82.7 Å². The first-order valence-electron chi connectivity index (χ1n) is 24.3. The van der Waals surface area contributed by atoms with Crippen molar-refractivity contribution < 1.29 is 83.5 Å². The van der Waals surface area contributed by atoms with E-state index in [0.717, 1.165) is 26.4 Å². The highest BCUT2D eigenvalue weighted by atomic mass is 35.5. The molecule has 4 saturated heterocycles. The standard InChI is InChI=1S/2C25H23ClF4N4O5S/c2*1-38-24(37)18-15(8-34-12-6-11(7-17(35)36)25(29,30)16(34)10-39-9-12)32-22(23-31-4-5-40-23)33-21(18)13-2-3-14(27)20(28)19(13)26/h2*2-5,11-12,16,21H,6-10H2,1H3,(H,32,33)(H,35,36)/t11-,12+,16+,21+;11-,12+,16+,21-/m10/s1. The smallest absolute Gasteiger partial charge is 0.338 e. The molecule has 8 atom stereocenters. The van der Waals surface area contributed by atoms with Gasteiger partial charge in [-0.25, -0.2) is 54.7 Å². The lowest BCUT2D eigenvalue weighted by Gasteiger charge is -2.52. The number of halogens is 10. The molecular weight excluding hydrogens is 1160 g/mol. The molecule has 18 nitrogen and oxygen atoms in total. The van der Waals surface area contributed by atoms with Crippen LogP contribution in [0.25, 0.3) is 0 Å². The molecule has 4 fully saturated rings. The molecule has 0 saturated carbocycles. The highest BCUT2D eigenvalue weighted by molar-refractivity contribution is 7.12. The number of aliphatic carboxylic acids is 2. The predicted octanol–water partition coefficient (Wildman–Crippen LogP) is 7.58. The van der Waals surface area contributed by atoms with Gasteiger partial charge in [-0.15, -0.1) is 22.7 Å². The van der Waals surface area contributed by atoms with Crippen LogP contribution in [-0.4, -0.2) is 155 Å². The van der Waals surface area contributed by atoms with Crippen LogP contribution in [0.3, 0.4) is 0 Å². The van der Waals surface area contributed by atoms with Crippen LogP contribution in [0.1, 0.15) is 58.9 Å². The zero-order valence-electron chi connectivity index (χ0n) is 41.7. The Balaban J connectivity index is 0.000000194. The van der Waals surface area contributed by atoms with Crippen LogP contribution in [0.5, 0.6) is 0 Å². The zero-order valence-corrected chi connectivity index (χ0v) is 44.9. The first kappa shape index (κ1) is 58.5. The van der Waals surface area contributed by atoms with Crippen molar-refractivity contribution >= 4 is 81.4 Å². The van der Waals surface area contributed by atoms with Crippen LogP contribution >= 0.6 is 45.9 Å². The van der Waals surface area contributed by atoms with Crippen molar-refractivity contribution in [2.24, 2.45) is 21.8 Å². The molecule has 4 bridgehead atoms. The third kappa shape index (κ3) is 11.4. The van der Waals surface area contributed by atoms with Crippen molar-refractivity contribution in [3.63, 3.8) is 0 Å². The highest BCUT2D eigenvalue weighted by Gasteiger charge is 2.60. The molecule has 4 N–H and O–H groups in total. The number of amidine groups is 2. The van der Waals surface area contributed by atoms with E-state index < -0.39 is 130 Å². The molecule has 80 heavy (non-hydrogen) atoms. The Morgan fingerprint density at radius 2 is 1.05 bits per heavy atom. The van der Waals surface area contributed by atoms with Crippen LogP contribution in [0.15, 0.2) is 79.9 Å². The number of morpholine rings is 2. The van der Waals surface area contributed by atoms with E-state index in [-0.39, 0.29) is 97.7 Å². The number of benzene rings is 2. The first-order chi connectivity index (χ1) is 38.0. The minimum Gasteiger partial charge on any atom is -0.481 e. The molecule has 10 rings (SSSR count). The largest absolute Gasteiger partial charge is 0.481 e. The molecule has 0 amide bonds. The minimum absolute atomic E-state index is 0.0388. The summed E-state index contributed by atoms with van der Waals surface area (Å²) in [4.78, 5) is 69.3. The lowest BCUT2D eigenvalue weighted by Crippen LogP contribution is -2.67. The number of methoxy groups -OCH3 is 2. The van der Waals surface area contributed by atoms with Gasteiger partial charge >= 0.3 is 23.9 Å². The Kier molecular flexibility index (Phi) is 17.4. The maximum atomic E-state index is 15.6. The summed E-state index contributed by atoms with van der Waals surface area (Å²) in [6, 6.07) is -2.62. The van der Waals surface area contributed by atoms with E-state index in [1.54, 1.807) is 10.8 Å². The number of piperidine rings is 2. The maximum Gasteiger partial charge on any atom is 0.338 e. The molecule has 8 heterocycles. The summed E-state index contributed by atoms with van der Waals surface area (Å²) >= 11 is 14.7. The van der Waals surface area contributed by atoms with Gasteiger partial charge in [0.05, 0.1) is 86.8 Å². The number of hydrogen-bond donors (Lipinski definition) is 4. The van der Waals surface area contributed by atoms with Crippen molar-refractivity contribution in [2.45, 2.75) is 73.8 Å². The summed E-state index contributed by atoms with van der Waals surface area (Å²) in [6.45, 7) is -1.02. The van der Waals surface area contributed by atoms with Gasteiger partial charge < -0.3 is 39.8 Å². The number of fused-ring (bicyclic) bond motifs is 4. The maximum absolute atomic E-state index is 15.6. The number of hydrogen-bond acceptors (Lipinski definition) is 18. The second-order valence-electron chi connectivity index (χ2n) is 19.2. The Morgan fingerprint density at radius 3 is 1.39 bits per heavy atom. The van der Waals surface area contributed by atoms with Gasteiger partial charge in [-0.05, 0) is 25.0 Å². The molecule has 2 aromatic heterocycles. The zero-order chi connectivity index (χ0) is 57.5. The molecule has 428 valence electrons. The van der Waals surface area contributed by atoms with E-state index in [1.807, 2.05) is 0 Å². The topological polar surface area (TPSA) is 227 Å². The molecule has 0 unspecified atom stereocenters. The Morgan fingerprint density at radius 1 is 0.662 bits per heavy atom. The number of nitrogens with one attached hydrogen (secondary N) is 2. The van der Waals surface area contributed by atoms with Crippen molar-refractivity contribution in [1.82, 2.24) is 30.4 Å². The van der Waals surface area contributed by atoms with Crippen LogP contribution in [-0.2, 0) is 38.1 Å². The average Bonchev–Trinajstić information content (AvgIpc) is 4.18. The van der Waals surface area contributed by atoms with Gasteiger partial charge in [0.1, 0.15) is 12.1 Å². The molecule has 6 aliphatic heterocycles. The minimum atomic E-state index is -3.41. The van der Waals surface area contributed by atoms with Crippen molar-refractivity contribution in [3.8, 4) is 0 Å². The Hall–Kier alpha value is -6.14. The number of thiazole rings is 2. The number of carboxylic acids is 2. The van der Waals surface area contributed by atoms with Crippen molar-refractivity contribution in [1.29, 1.82) is 0 Å². The van der Waals surface area contributed by atoms with Crippen molar-refractivity contribution in [3.05, 3.63) is 124 Å². The summed E-state index contributed by atoms with van der Waals surface area (Å²) in [5.41, 5.74) is -0.0908. The van der Waals surface area contributed by atoms with Gasteiger partial charge in [-0.2, -0.15) is 0 Å². The monoisotopic (exact) mass is 1200 g/mol. The van der Waals surface area contributed by atoms with E-state index in [4.69, 9.17) is 42.1 Å². The summed E-state index contributed by atoms with van der Waals surface area (Å²) in [5, 5.41) is 27.4. The van der Waals surface area contributed by atoms with E-state index in [0.29, 0.717) is 10.0 Å². The fourth-order valence-corrected chi connectivity index (χ4v) is 12.5. The average molecular weight is 1210 g/mol. The number of alkyl halides is 4. The number of nitrogens with zero attached hydrogens (tertiary/aromatic N) is 6. The molecule has 4 aromatic rings. The number of carboxylic acid groups (broad SMARTS) is 2. The number of esters is 2. The fraction of sp³-hybridized carbons (Fsp3) is 0.440. The van der Waals surface area contributed by atoms with Gasteiger partial charge in [-0.1, -0.05) is 35.3 Å². The van der Waals surface area contributed by atoms with E-state index in [9.17, 15) is 47.0 Å². The SMILES string of the molecule is COC(=O)C1=C(CN2[C@@H]3COC[C@H]2C(F)(F)[C@@H](CC(=O)O)C3)NC(c2nccs2)=N[C@H]1c1ccc(F)c(F)c1Cl.COC(=O)C1=C(CN2[C@H]3COC[C@@H]2C(F)(F)[C@H](CC(=O)O)C3)NC(c2nccs2)=N[C@H]1c1ccc(F)c(F)c1Cl. The van der Waals surface area contributed by atoms with Gasteiger partial charge in [0.2, 0.25) is 0 Å². The summed E-state index contributed by atoms with van der Waals surface area (Å²) < 4.78 is 140. The second-order valence-corrected chi connectivity index (χ2v) is 21.7. The van der Waals surface area contributed by atoms with Crippen LogP contribution in [0, 0.1) is 35.1 Å². The van der Waals surface area contributed by atoms with Crippen molar-refractivity contribution in [2.75, 3.05) is 53.7 Å². The second kappa shape index (κ2) is 23.8. The lowest BCUT2D eigenvalue weighted by molar-refractivity contribution is -0.219. The van der Waals surface area contributed by atoms with Crippen LogP contribution in [0.2, 0.25) is 10.0 Å². The first-order valence-corrected chi connectivity index (χ1v) is 26.8. The van der Waals surface area contributed by atoms with Gasteiger partial charge in [0.15, 0.2) is 45.0 Å². The third-order valence-electron chi connectivity index (χ3n) is 14.6. The number of carbonyl (C=O) groups is 4. The molecule has 2 aromatic carbocycles. The quantitative estimate of drug-likeness (QED) is 0.0542. The number of ether oxygens (including phenoxy) is 4. The summed E-state index contributed by atoms with van der Waals surface area (Å²) in [6.07, 6.45) is 1.33. The normalized spacial score (nSPS) is 26.2. The van der Waals surface area contributed by atoms with E-state index >= 15 is 17.6 Å². The predicted molar refractivity (Wildman–Crippen MR) is 271 cm³/mol. The van der Waals surface area contributed by atoms with E-state index in [1.165, 1.54) is 57.0 Å². The molecule has 6 aliphatic rings. The third-order valence-corrected chi connectivity index (χ3v) is 16.9. The highest BCUT2D eigenvalue weighted by Crippen LogP contribution is 2.48. The number of aliphatic imine (C=N–C) groups is 2. The van der Waals surface area contributed by atoms with Crippen LogP contribution in [0.4, 0.5) is 35.1 Å². The number of aromatic nitrogens is 2. The number of carbonyl (C=O) groups excluding carboxylic acids is 2. The van der Waals surface area contributed by atoms with Crippen LogP contribution < -0.4 is 10.6 Å². The van der Waals surface area contributed by atoms with Gasteiger partial charge in [-0.3, -0.25) is 29.4 Å².